The number of pyridine rings is 1. The van der Waals surface area contributed by atoms with E-state index in [2.05, 4.69) is 10.1 Å². The highest BCUT2D eigenvalue weighted by Crippen LogP contribution is 2.32. The first-order chi connectivity index (χ1) is 17.0. The fraction of sp³-hybridized carbons (Fsp3) is 0.400. The number of ether oxygens (including phenoxy) is 3. The lowest BCUT2D eigenvalue weighted by atomic mass is 10.1. The number of nitrogens with zero attached hydrogens (tertiary/aromatic N) is 3. The molecule has 0 saturated carbocycles. The van der Waals surface area contributed by atoms with E-state index in [0.29, 0.717) is 43.2 Å². The van der Waals surface area contributed by atoms with Gasteiger partial charge in [0.25, 0.3) is 0 Å². The molecule has 2 aromatic heterocycles. The van der Waals surface area contributed by atoms with Gasteiger partial charge in [-0.25, -0.2) is 4.98 Å². The zero-order valence-corrected chi connectivity index (χ0v) is 20.2. The molecule has 8 nitrogen and oxygen atoms in total. The Bertz CT molecular complexity index is 1160. The van der Waals surface area contributed by atoms with E-state index in [0.717, 1.165) is 23.5 Å². The third-order valence-electron chi connectivity index (χ3n) is 5.08. The SMILES string of the molecule is CC(C)Oc1cc(Oc2ccc(C(F)(F)F)cn2)ccc1CCCOc1cc(CCC(=O)O)n(C)n1. The number of hydrogen-bond acceptors (Lipinski definition) is 6. The van der Waals surface area contributed by atoms with Gasteiger partial charge in [0.2, 0.25) is 11.8 Å². The minimum atomic E-state index is -4.46. The summed E-state index contributed by atoms with van der Waals surface area (Å²) in [6, 6.07) is 9.04. The Kier molecular flexibility index (Phi) is 8.78. The third kappa shape index (κ3) is 7.89. The Balaban J connectivity index is 1.59. The van der Waals surface area contributed by atoms with Crippen molar-refractivity contribution in [2.24, 2.45) is 7.05 Å². The van der Waals surface area contributed by atoms with Gasteiger partial charge >= 0.3 is 12.1 Å². The maximum absolute atomic E-state index is 12.7. The first-order valence-corrected chi connectivity index (χ1v) is 11.4. The van der Waals surface area contributed by atoms with Crippen molar-refractivity contribution in [2.45, 2.75) is 51.8 Å². The van der Waals surface area contributed by atoms with Gasteiger partial charge in [-0.3, -0.25) is 9.48 Å². The molecular formula is C25H28F3N3O5. The molecule has 0 aliphatic heterocycles. The molecule has 3 rings (SSSR count). The number of aromatic nitrogens is 3. The molecule has 0 radical (unpaired) electrons. The van der Waals surface area contributed by atoms with Crippen LogP contribution in [0.4, 0.5) is 13.2 Å². The molecule has 36 heavy (non-hydrogen) atoms. The number of aliphatic carboxylic acids is 1. The van der Waals surface area contributed by atoms with Crippen LogP contribution in [0.2, 0.25) is 0 Å². The number of rotatable bonds is 12. The van der Waals surface area contributed by atoms with E-state index in [1.165, 1.54) is 6.07 Å². The summed E-state index contributed by atoms with van der Waals surface area (Å²) in [5, 5.41) is 13.1. The summed E-state index contributed by atoms with van der Waals surface area (Å²) in [5.41, 5.74) is 0.847. The Morgan fingerprint density at radius 3 is 2.53 bits per heavy atom. The van der Waals surface area contributed by atoms with Gasteiger partial charge in [0.1, 0.15) is 11.5 Å². The van der Waals surface area contributed by atoms with Crippen LogP contribution in [0.25, 0.3) is 0 Å². The summed E-state index contributed by atoms with van der Waals surface area (Å²) in [6.45, 7) is 4.17. The number of hydrogen-bond donors (Lipinski definition) is 1. The summed E-state index contributed by atoms with van der Waals surface area (Å²) >= 11 is 0. The molecule has 11 heteroatoms. The predicted molar refractivity (Wildman–Crippen MR) is 124 cm³/mol. The van der Waals surface area contributed by atoms with Crippen molar-refractivity contribution >= 4 is 5.97 Å². The Hall–Kier alpha value is -3.76. The number of carboxylic acid groups (broad SMARTS) is 1. The predicted octanol–water partition coefficient (Wildman–Crippen LogP) is 5.44. The van der Waals surface area contributed by atoms with E-state index in [1.807, 2.05) is 19.9 Å². The van der Waals surface area contributed by atoms with Crippen molar-refractivity contribution in [2.75, 3.05) is 6.61 Å². The number of halogens is 3. The highest BCUT2D eigenvalue weighted by molar-refractivity contribution is 5.67. The van der Waals surface area contributed by atoms with Gasteiger partial charge in [-0.15, -0.1) is 5.10 Å². The lowest BCUT2D eigenvalue weighted by molar-refractivity contribution is -0.138. The average Bonchev–Trinajstić information content (AvgIpc) is 3.15. The van der Waals surface area contributed by atoms with E-state index in [9.17, 15) is 18.0 Å². The topological polar surface area (TPSA) is 95.7 Å². The lowest BCUT2D eigenvalue weighted by Crippen LogP contribution is -2.08. The van der Waals surface area contributed by atoms with Crippen molar-refractivity contribution in [1.29, 1.82) is 0 Å². The first kappa shape index (κ1) is 26.8. The highest BCUT2D eigenvalue weighted by atomic mass is 19.4. The molecule has 3 aromatic rings. The second-order valence-electron chi connectivity index (χ2n) is 8.36. The smallest absolute Gasteiger partial charge is 0.417 e. The van der Waals surface area contributed by atoms with Crippen molar-refractivity contribution in [3.8, 4) is 23.3 Å². The molecule has 194 valence electrons. The zero-order chi connectivity index (χ0) is 26.3. The van der Waals surface area contributed by atoms with Crippen LogP contribution >= 0.6 is 0 Å². The number of benzene rings is 1. The van der Waals surface area contributed by atoms with Crippen molar-refractivity contribution < 1.29 is 37.3 Å². The highest BCUT2D eigenvalue weighted by Gasteiger charge is 2.30. The third-order valence-corrected chi connectivity index (χ3v) is 5.08. The molecule has 0 aliphatic rings. The van der Waals surface area contributed by atoms with E-state index in [-0.39, 0.29) is 18.4 Å². The van der Waals surface area contributed by atoms with Crippen LogP contribution < -0.4 is 14.2 Å². The van der Waals surface area contributed by atoms with E-state index in [4.69, 9.17) is 19.3 Å². The molecule has 0 fully saturated rings. The fourth-order valence-corrected chi connectivity index (χ4v) is 3.35. The first-order valence-electron chi connectivity index (χ1n) is 11.4. The fourth-order valence-electron chi connectivity index (χ4n) is 3.35. The minimum absolute atomic E-state index is 0.0201. The minimum Gasteiger partial charge on any atom is -0.491 e. The number of alkyl halides is 3. The largest absolute Gasteiger partial charge is 0.491 e. The second-order valence-corrected chi connectivity index (χ2v) is 8.36. The van der Waals surface area contributed by atoms with Crippen LogP contribution in [0.5, 0.6) is 23.3 Å². The van der Waals surface area contributed by atoms with Crippen molar-refractivity contribution in [3.05, 3.63) is 59.4 Å². The molecule has 1 aromatic carbocycles. The zero-order valence-electron chi connectivity index (χ0n) is 20.2. The second kappa shape index (κ2) is 11.8. The van der Waals surface area contributed by atoms with Crippen LogP contribution in [0, 0.1) is 0 Å². The van der Waals surface area contributed by atoms with Gasteiger partial charge in [0.05, 0.1) is 24.7 Å². The van der Waals surface area contributed by atoms with Crippen LogP contribution in [0.1, 0.15) is 43.5 Å². The molecular weight excluding hydrogens is 479 g/mol. The van der Waals surface area contributed by atoms with Crippen molar-refractivity contribution in [1.82, 2.24) is 14.8 Å². The van der Waals surface area contributed by atoms with Crippen molar-refractivity contribution in [3.63, 3.8) is 0 Å². The maximum atomic E-state index is 12.7. The Labute approximate surface area is 206 Å². The van der Waals surface area contributed by atoms with Crippen LogP contribution in [-0.4, -0.2) is 38.6 Å². The van der Waals surface area contributed by atoms with Gasteiger partial charge in [0.15, 0.2) is 0 Å². The Morgan fingerprint density at radius 1 is 1.11 bits per heavy atom. The summed E-state index contributed by atoms with van der Waals surface area (Å²) in [6.07, 6.45) is -2.14. The quantitative estimate of drug-likeness (QED) is 0.326. The lowest BCUT2D eigenvalue weighted by Gasteiger charge is -2.16. The average molecular weight is 508 g/mol. The molecule has 0 bridgehead atoms. The van der Waals surface area contributed by atoms with E-state index >= 15 is 0 Å². The summed E-state index contributed by atoms with van der Waals surface area (Å²) in [4.78, 5) is 14.5. The molecule has 2 heterocycles. The van der Waals surface area contributed by atoms with E-state index in [1.54, 1.807) is 29.9 Å². The van der Waals surface area contributed by atoms with Gasteiger partial charge in [-0.1, -0.05) is 6.07 Å². The molecule has 1 N–H and O–H groups in total. The molecule has 0 atom stereocenters. The van der Waals surface area contributed by atoms with Crippen LogP contribution in [0.15, 0.2) is 42.6 Å². The molecule has 0 amide bonds. The molecule has 0 aliphatic carbocycles. The van der Waals surface area contributed by atoms with E-state index < -0.39 is 17.7 Å². The number of carbonyl (C=O) groups is 1. The summed E-state index contributed by atoms with van der Waals surface area (Å²) in [5.74, 6) is 0.593. The maximum Gasteiger partial charge on any atom is 0.417 e. The van der Waals surface area contributed by atoms with Crippen LogP contribution in [-0.2, 0) is 30.9 Å². The molecule has 0 spiro atoms. The summed E-state index contributed by atoms with van der Waals surface area (Å²) in [7, 11) is 1.74. The van der Waals surface area contributed by atoms with Crippen LogP contribution in [0.3, 0.4) is 0 Å². The van der Waals surface area contributed by atoms with Gasteiger partial charge in [0, 0.05) is 37.1 Å². The number of carboxylic acids is 1. The monoisotopic (exact) mass is 507 g/mol. The summed E-state index contributed by atoms with van der Waals surface area (Å²) < 4.78 is 57.1. The molecule has 0 unspecified atom stereocenters. The number of aryl methyl sites for hydroxylation is 3. The standard InChI is InChI=1S/C25H28F3N3O5/c1-16(2)35-21-14-20(36-22-10-7-18(15-29-22)25(26,27)28)9-6-17(21)5-4-12-34-23-13-19(31(3)30-23)8-11-24(32)33/h6-7,9-10,13-16H,4-5,8,11-12H2,1-3H3,(H,32,33). The Morgan fingerprint density at radius 2 is 1.89 bits per heavy atom. The van der Waals surface area contributed by atoms with Gasteiger partial charge in [-0.05, 0) is 50.8 Å². The normalized spacial score (nSPS) is 11.5. The van der Waals surface area contributed by atoms with Gasteiger partial charge in [-0.2, -0.15) is 13.2 Å². The molecule has 0 saturated heterocycles. The van der Waals surface area contributed by atoms with Gasteiger partial charge < -0.3 is 19.3 Å².